The van der Waals surface area contributed by atoms with E-state index in [0.717, 1.165) is 10.0 Å². The van der Waals surface area contributed by atoms with E-state index >= 15 is 0 Å². The van der Waals surface area contributed by atoms with E-state index in [1.807, 2.05) is 18.2 Å². The van der Waals surface area contributed by atoms with E-state index in [1.165, 1.54) is 7.05 Å². The summed E-state index contributed by atoms with van der Waals surface area (Å²) in [4.78, 5) is 11.1. The monoisotopic (exact) mass is 269 g/mol. The van der Waals surface area contributed by atoms with Crippen LogP contribution in [0.4, 0.5) is 4.79 Å². The molecule has 0 radical (unpaired) electrons. The summed E-state index contributed by atoms with van der Waals surface area (Å²) in [5.41, 5.74) is 0.919. The molecule has 0 aliphatic heterocycles. The van der Waals surface area contributed by atoms with Crippen molar-refractivity contribution in [1.82, 2.24) is 5.32 Å². The number of halogens is 1. The second kappa shape index (κ2) is 5.56. The minimum Gasteiger partial charge on any atom is -0.409 e. The van der Waals surface area contributed by atoms with Gasteiger partial charge in [-0.05, 0) is 34.0 Å². The molecule has 1 aromatic carbocycles. The van der Waals surface area contributed by atoms with E-state index in [9.17, 15) is 4.79 Å². The van der Waals surface area contributed by atoms with Gasteiger partial charge in [-0.3, -0.25) is 0 Å². The Bertz CT molecular complexity index is 377. The zero-order valence-electron chi connectivity index (χ0n) is 8.42. The molecule has 80 valence electrons. The second-order valence-corrected chi connectivity index (χ2v) is 3.71. The Morgan fingerprint density at radius 1 is 1.67 bits per heavy atom. The lowest BCUT2D eigenvalue weighted by atomic mass is 10.1. The van der Waals surface area contributed by atoms with Gasteiger partial charge in [0.2, 0.25) is 0 Å². The van der Waals surface area contributed by atoms with Crippen LogP contribution in [0.2, 0.25) is 0 Å². The average molecular weight is 270 g/mol. The predicted octanol–water partition coefficient (Wildman–Crippen LogP) is 2.90. The maximum absolute atomic E-state index is 11.1. The topological polar surface area (TPSA) is 38.3 Å². The minimum atomic E-state index is -0.479. The molecular weight excluding hydrogens is 258 g/mol. The number of para-hydroxylation sites is 1. The molecule has 1 rings (SSSR count). The number of ether oxygens (including phenoxy) is 1. The Morgan fingerprint density at radius 3 is 3.00 bits per heavy atom. The fourth-order valence-corrected chi connectivity index (χ4v) is 1.62. The molecule has 0 saturated heterocycles. The molecule has 0 spiro atoms. The summed E-state index contributed by atoms with van der Waals surface area (Å²) in [7, 11) is 1.52. The third-order valence-electron chi connectivity index (χ3n) is 1.81. The number of benzene rings is 1. The number of carbonyl (C=O) groups excluding carboxylic acids is 1. The molecule has 0 aliphatic rings. The van der Waals surface area contributed by atoms with Gasteiger partial charge in [0, 0.05) is 7.05 Å². The molecule has 4 heteroatoms. The highest BCUT2D eigenvalue weighted by atomic mass is 79.9. The van der Waals surface area contributed by atoms with Gasteiger partial charge >= 0.3 is 6.09 Å². The quantitative estimate of drug-likeness (QED) is 0.857. The number of rotatable bonds is 3. The van der Waals surface area contributed by atoms with Crippen molar-refractivity contribution in [2.45, 2.75) is 6.42 Å². The van der Waals surface area contributed by atoms with Gasteiger partial charge in [-0.2, -0.15) is 0 Å². The van der Waals surface area contributed by atoms with Crippen molar-refractivity contribution in [3.05, 3.63) is 40.9 Å². The summed E-state index contributed by atoms with van der Waals surface area (Å²) >= 11 is 3.34. The number of carbonyl (C=O) groups is 1. The van der Waals surface area contributed by atoms with Crippen molar-refractivity contribution in [3.8, 4) is 5.75 Å². The standard InChI is InChI=1S/C11H12BrNO2/c1-3-5-8-6-4-7-9(12)10(8)15-11(14)13-2/h3-4,6-7H,1,5H2,2H3,(H,13,14). The Kier molecular flexibility index (Phi) is 4.37. The van der Waals surface area contributed by atoms with Crippen LogP contribution in [-0.4, -0.2) is 13.1 Å². The summed E-state index contributed by atoms with van der Waals surface area (Å²) in [6.45, 7) is 3.65. The van der Waals surface area contributed by atoms with Gasteiger partial charge in [0.1, 0.15) is 5.75 Å². The Morgan fingerprint density at radius 2 is 2.40 bits per heavy atom. The molecule has 0 fully saturated rings. The van der Waals surface area contributed by atoms with Gasteiger partial charge in [-0.15, -0.1) is 6.58 Å². The smallest absolute Gasteiger partial charge is 0.409 e. The van der Waals surface area contributed by atoms with E-state index in [0.29, 0.717) is 12.2 Å². The van der Waals surface area contributed by atoms with E-state index in [4.69, 9.17) is 4.74 Å². The maximum atomic E-state index is 11.1. The largest absolute Gasteiger partial charge is 0.412 e. The van der Waals surface area contributed by atoms with Crippen LogP contribution in [0.25, 0.3) is 0 Å². The molecule has 1 aromatic rings. The van der Waals surface area contributed by atoms with Gasteiger partial charge in [0.05, 0.1) is 4.47 Å². The molecule has 0 aliphatic carbocycles. The third kappa shape index (κ3) is 3.09. The highest BCUT2D eigenvalue weighted by Gasteiger charge is 2.10. The molecule has 15 heavy (non-hydrogen) atoms. The number of allylic oxidation sites excluding steroid dienone is 1. The van der Waals surface area contributed by atoms with Gasteiger partial charge in [-0.1, -0.05) is 18.2 Å². The van der Waals surface area contributed by atoms with Crippen molar-refractivity contribution in [2.24, 2.45) is 0 Å². The van der Waals surface area contributed by atoms with Crippen LogP contribution in [0.1, 0.15) is 5.56 Å². The Balaban J connectivity index is 3.01. The third-order valence-corrected chi connectivity index (χ3v) is 2.44. The molecule has 1 amide bonds. The van der Waals surface area contributed by atoms with Crippen molar-refractivity contribution < 1.29 is 9.53 Å². The summed E-state index contributed by atoms with van der Waals surface area (Å²) in [5.74, 6) is 0.539. The molecular formula is C11H12BrNO2. The van der Waals surface area contributed by atoms with Crippen LogP contribution < -0.4 is 10.1 Å². The maximum Gasteiger partial charge on any atom is 0.412 e. The average Bonchev–Trinajstić information content (AvgIpc) is 2.23. The first-order valence-corrected chi connectivity index (χ1v) is 5.26. The van der Waals surface area contributed by atoms with Crippen LogP contribution in [0.15, 0.2) is 35.3 Å². The Hall–Kier alpha value is -1.29. The lowest BCUT2D eigenvalue weighted by Crippen LogP contribution is -2.22. The predicted molar refractivity (Wildman–Crippen MR) is 63.1 cm³/mol. The van der Waals surface area contributed by atoms with E-state index in [-0.39, 0.29) is 0 Å². The highest BCUT2D eigenvalue weighted by molar-refractivity contribution is 9.10. The van der Waals surface area contributed by atoms with Crippen molar-refractivity contribution >= 4 is 22.0 Å². The molecule has 0 saturated carbocycles. The molecule has 1 N–H and O–H groups in total. The zero-order chi connectivity index (χ0) is 11.3. The van der Waals surface area contributed by atoms with Crippen LogP contribution in [-0.2, 0) is 6.42 Å². The lowest BCUT2D eigenvalue weighted by molar-refractivity contribution is 0.202. The summed E-state index contributed by atoms with van der Waals surface area (Å²) < 4.78 is 5.89. The fraction of sp³-hybridized carbons (Fsp3) is 0.182. The normalized spacial score (nSPS) is 9.47. The van der Waals surface area contributed by atoms with Gasteiger partial charge in [0.15, 0.2) is 0 Å². The van der Waals surface area contributed by atoms with Crippen LogP contribution >= 0.6 is 15.9 Å². The van der Waals surface area contributed by atoms with Gasteiger partial charge < -0.3 is 10.1 Å². The molecule has 0 bridgehead atoms. The first-order valence-electron chi connectivity index (χ1n) is 4.47. The van der Waals surface area contributed by atoms with Crippen LogP contribution in [0, 0.1) is 0 Å². The van der Waals surface area contributed by atoms with Crippen LogP contribution in [0.3, 0.4) is 0 Å². The fourth-order valence-electron chi connectivity index (χ4n) is 1.13. The van der Waals surface area contributed by atoms with Gasteiger partial charge in [0.25, 0.3) is 0 Å². The molecule has 0 heterocycles. The van der Waals surface area contributed by atoms with Crippen molar-refractivity contribution in [2.75, 3.05) is 7.05 Å². The molecule has 3 nitrogen and oxygen atoms in total. The molecule has 0 unspecified atom stereocenters. The van der Waals surface area contributed by atoms with E-state index in [2.05, 4.69) is 27.8 Å². The number of hydrogen-bond acceptors (Lipinski definition) is 2. The highest BCUT2D eigenvalue weighted by Crippen LogP contribution is 2.29. The summed E-state index contributed by atoms with van der Waals surface area (Å²) in [6.07, 6.45) is 1.94. The second-order valence-electron chi connectivity index (χ2n) is 2.86. The van der Waals surface area contributed by atoms with E-state index in [1.54, 1.807) is 6.08 Å². The van der Waals surface area contributed by atoms with Crippen LogP contribution in [0.5, 0.6) is 5.75 Å². The summed E-state index contributed by atoms with van der Waals surface area (Å²) in [5, 5.41) is 2.40. The first-order chi connectivity index (χ1) is 7.19. The first kappa shape index (κ1) is 11.8. The number of amides is 1. The number of nitrogens with one attached hydrogen (secondary N) is 1. The SMILES string of the molecule is C=CCc1cccc(Br)c1OC(=O)NC. The van der Waals surface area contributed by atoms with Crippen molar-refractivity contribution in [1.29, 1.82) is 0 Å². The van der Waals surface area contributed by atoms with E-state index < -0.39 is 6.09 Å². The molecule has 0 atom stereocenters. The summed E-state index contributed by atoms with van der Waals surface area (Å²) in [6, 6.07) is 5.61. The zero-order valence-corrected chi connectivity index (χ0v) is 10.0. The minimum absolute atomic E-state index is 0.479. The number of hydrogen-bond donors (Lipinski definition) is 1. The molecule has 0 aromatic heterocycles. The Labute approximate surface area is 97.3 Å². The van der Waals surface area contributed by atoms with Crippen molar-refractivity contribution in [3.63, 3.8) is 0 Å². The lowest BCUT2D eigenvalue weighted by Gasteiger charge is -2.09. The van der Waals surface area contributed by atoms with Gasteiger partial charge in [-0.25, -0.2) is 4.79 Å².